The van der Waals surface area contributed by atoms with Gasteiger partial charge < -0.3 is 9.64 Å². The molecule has 0 saturated carbocycles. The van der Waals surface area contributed by atoms with Gasteiger partial charge >= 0.3 is 0 Å². The molecule has 24 heavy (non-hydrogen) atoms. The Morgan fingerprint density at radius 3 is 2.58 bits per heavy atom. The standard InChI is InChI=1S/C20H23F2NO/c1-3-6-15-7-4-5-8-19(15)23-9-10-24-20(13-23)16-11-17(21)14(2)18(22)12-16/h4-5,7-8,11-12,20H,3,6,9-10,13H2,1-2H3. The molecule has 0 aromatic heterocycles. The molecule has 128 valence electrons. The van der Waals surface area contributed by atoms with E-state index < -0.39 is 11.6 Å². The highest BCUT2D eigenvalue weighted by Crippen LogP contribution is 2.30. The summed E-state index contributed by atoms with van der Waals surface area (Å²) in [5.74, 6) is -1.03. The molecular formula is C20H23F2NO. The number of aryl methyl sites for hydroxylation is 1. The van der Waals surface area contributed by atoms with Crippen LogP contribution in [0, 0.1) is 18.6 Å². The Labute approximate surface area is 142 Å². The third-order valence-corrected chi connectivity index (χ3v) is 4.59. The quantitative estimate of drug-likeness (QED) is 0.797. The van der Waals surface area contributed by atoms with Gasteiger partial charge in [-0.25, -0.2) is 8.78 Å². The number of para-hydroxylation sites is 1. The van der Waals surface area contributed by atoms with Gasteiger partial charge in [-0.05, 0) is 42.7 Å². The van der Waals surface area contributed by atoms with Gasteiger partial charge in [0, 0.05) is 24.3 Å². The van der Waals surface area contributed by atoms with Crippen molar-refractivity contribution >= 4 is 5.69 Å². The highest BCUT2D eigenvalue weighted by molar-refractivity contribution is 5.54. The molecule has 2 nitrogen and oxygen atoms in total. The van der Waals surface area contributed by atoms with E-state index in [0.29, 0.717) is 18.7 Å². The van der Waals surface area contributed by atoms with E-state index in [1.165, 1.54) is 30.3 Å². The zero-order valence-electron chi connectivity index (χ0n) is 14.2. The van der Waals surface area contributed by atoms with Crippen LogP contribution in [0.4, 0.5) is 14.5 Å². The Morgan fingerprint density at radius 2 is 1.88 bits per heavy atom. The fraction of sp³-hybridized carbons (Fsp3) is 0.400. The number of benzene rings is 2. The summed E-state index contributed by atoms with van der Waals surface area (Å²) in [5.41, 5.74) is 3.12. The fourth-order valence-corrected chi connectivity index (χ4v) is 3.22. The third kappa shape index (κ3) is 3.44. The van der Waals surface area contributed by atoms with Crippen LogP contribution in [-0.2, 0) is 11.2 Å². The van der Waals surface area contributed by atoms with Crippen LogP contribution in [0.2, 0.25) is 0 Å². The van der Waals surface area contributed by atoms with Crippen LogP contribution in [0.1, 0.15) is 36.1 Å². The molecule has 0 amide bonds. The minimum atomic E-state index is -0.517. The number of hydrogen-bond donors (Lipinski definition) is 0. The van der Waals surface area contributed by atoms with Gasteiger partial charge in [-0.1, -0.05) is 31.5 Å². The molecule has 1 heterocycles. The van der Waals surface area contributed by atoms with Gasteiger partial charge in [-0.3, -0.25) is 0 Å². The van der Waals surface area contributed by atoms with Gasteiger partial charge in [0.05, 0.1) is 6.61 Å². The Bertz CT molecular complexity index is 694. The molecule has 2 aromatic rings. The van der Waals surface area contributed by atoms with E-state index in [2.05, 4.69) is 30.0 Å². The molecule has 0 N–H and O–H groups in total. The number of halogens is 2. The first kappa shape index (κ1) is 16.9. The van der Waals surface area contributed by atoms with Crippen molar-refractivity contribution in [3.05, 3.63) is 64.7 Å². The largest absolute Gasteiger partial charge is 0.370 e. The third-order valence-electron chi connectivity index (χ3n) is 4.59. The summed E-state index contributed by atoms with van der Waals surface area (Å²) in [4.78, 5) is 2.26. The molecular weight excluding hydrogens is 308 g/mol. The number of hydrogen-bond acceptors (Lipinski definition) is 2. The molecule has 1 aliphatic heterocycles. The van der Waals surface area contributed by atoms with Crippen molar-refractivity contribution in [2.75, 3.05) is 24.6 Å². The topological polar surface area (TPSA) is 12.5 Å². The summed E-state index contributed by atoms with van der Waals surface area (Å²) in [6.07, 6.45) is 1.78. The molecule has 1 atom stereocenters. The monoisotopic (exact) mass is 331 g/mol. The predicted octanol–water partition coefficient (Wildman–Crippen LogP) is 4.80. The number of morpholine rings is 1. The maximum Gasteiger partial charge on any atom is 0.129 e. The van der Waals surface area contributed by atoms with Crippen LogP contribution in [0.5, 0.6) is 0 Å². The lowest BCUT2D eigenvalue weighted by Crippen LogP contribution is -2.39. The molecule has 0 aliphatic carbocycles. The summed E-state index contributed by atoms with van der Waals surface area (Å²) < 4.78 is 33.5. The minimum absolute atomic E-state index is 0.0553. The molecule has 3 rings (SSSR count). The Morgan fingerprint density at radius 1 is 1.17 bits per heavy atom. The lowest BCUT2D eigenvalue weighted by atomic mass is 10.0. The average Bonchev–Trinajstić information content (AvgIpc) is 2.60. The van der Waals surface area contributed by atoms with Crippen LogP contribution in [0.3, 0.4) is 0 Å². The Kier molecular flexibility index (Phi) is 5.14. The van der Waals surface area contributed by atoms with Crippen LogP contribution >= 0.6 is 0 Å². The van der Waals surface area contributed by atoms with Gasteiger partial charge in [0.1, 0.15) is 17.7 Å². The molecule has 4 heteroatoms. The van der Waals surface area contributed by atoms with Crippen LogP contribution < -0.4 is 4.90 Å². The second-order valence-corrected chi connectivity index (χ2v) is 6.29. The van der Waals surface area contributed by atoms with E-state index in [0.717, 1.165) is 19.4 Å². The van der Waals surface area contributed by atoms with Crippen molar-refractivity contribution in [2.45, 2.75) is 32.8 Å². The van der Waals surface area contributed by atoms with Gasteiger partial charge in [0.25, 0.3) is 0 Å². The number of nitrogens with zero attached hydrogens (tertiary/aromatic N) is 1. The first-order chi connectivity index (χ1) is 11.6. The van der Waals surface area contributed by atoms with Crippen LogP contribution in [0.15, 0.2) is 36.4 Å². The van der Waals surface area contributed by atoms with E-state index in [1.54, 1.807) is 0 Å². The normalized spacial score (nSPS) is 18.0. The predicted molar refractivity (Wildman–Crippen MR) is 92.4 cm³/mol. The van der Waals surface area contributed by atoms with E-state index in [-0.39, 0.29) is 11.7 Å². The lowest BCUT2D eigenvalue weighted by Gasteiger charge is -2.36. The summed E-state index contributed by atoms with van der Waals surface area (Å²) >= 11 is 0. The van der Waals surface area contributed by atoms with Crippen molar-refractivity contribution in [3.63, 3.8) is 0 Å². The van der Waals surface area contributed by atoms with E-state index >= 15 is 0 Å². The highest BCUT2D eigenvalue weighted by Gasteiger charge is 2.25. The van der Waals surface area contributed by atoms with Crippen LogP contribution in [0.25, 0.3) is 0 Å². The fourth-order valence-electron chi connectivity index (χ4n) is 3.22. The smallest absolute Gasteiger partial charge is 0.129 e. The van der Waals surface area contributed by atoms with Crippen molar-refractivity contribution in [3.8, 4) is 0 Å². The van der Waals surface area contributed by atoms with Gasteiger partial charge in [0.15, 0.2) is 0 Å². The maximum absolute atomic E-state index is 13.9. The molecule has 0 radical (unpaired) electrons. The molecule has 1 unspecified atom stereocenters. The first-order valence-electron chi connectivity index (χ1n) is 8.50. The summed E-state index contributed by atoms with van der Waals surface area (Å²) in [6, 6.07) is 11.1. The maximum atomic E-state index is 13.9. The zero-order chi connectivity index (χ0) is 17.1. The first-order valence-corrected chi connectivity index (χ1v) is 8.50. The summed E-state index contributed by atoms with van der Waals surface area (Å²) in [6.45, 7) is 5.54. The SMILES string of the molecule is CCCc1ccccc1N1CCOC(c2cc(F)c(C)c(F)c2)C1. The van der Waals surface area contributed by atoms with Gasteiger partial charge in [-0.15, -0.1) is 0 Å². The van der Waals surface area contributed by atoms with Crippen molar-refractivity contribution < 1.29 is 13.5 Å². The molecule has 0 bridgehead atoms. The second kappa shape index (κ2) is 7.31. The minimum Gasteiger partial charge on any atom is -0.370 e. The Hall–Kier alpha value is -1.94. The molecule has 1 aliphatic rings. The van der Waals surface area contributed by atoms with Crippen molar-refractivity contribution in [1.82, 2.24) is 0 Å². The zero-order valence-corrected chi connectivity index (χ0v) is 14.2. The Balaban J connectivity index is 1.85. The van der Waals surface area contributed by atoms with E-state index in [9.17, 15) is 8.78 Å². The highest BCUT2D eigenvalue weighted by atomic mass is 19.1. The summed E-state index contributed by atoms with van der Waals surface area (Å²) in [7, 11) is 0. The van der Waals surface area contributed by atoms with Crippen LogP contribution in [-0.4, -0.2) is 19.7 Å². The molecule has 0 spiro atoms. The second-order valence-electron chi connectivity index (χ2n) is 6.29. The van der Waals surface area contributed by atoms with E-state index in [1.807, 2.05) is 6.07 Å². The number of ether oxygens (including phenoxy) is 1. The summed E-state index contributed by atoms with van der Waals surface area (Å²) in [5, 5.41) is 0. The lowest BCUT2D eigenvalue weighted by molar-refractivity contribution is 0.0393. The van der Waals surface area contributed by atoms with Crippen molar-refractivity contribution in [1.29, 1.82) is 0 Å². The van der Waals surface area contributed by atoms with Crippen molar-refractivity contribution in [2.24, 2.45) is 0 Å². The molecule has 2 aromatic carbocycles. The molecule has 1 fully saturated rings. The van der Waals surface area contributed by atoms with Gasteiger partial charge in [-0.2, -0.15) is 0 Å². The number of rotatable bonds is 4. The molecule has 1 saturated heterocycles. The number of anilines is 1. The average molecular weight is 331 g/mol. The van der Waals surface area contributed by atoms with E-state index in [4.69, 9.17) is 4.74 Å². The van der Waals surface area contributed by atoms with Gasteiger partial charge in [0.2, 0.25) is 0 Å².